The summed E-state index contributed by atoms with van der Waals surface area (Å²) in [5, 5.41) is 0.618. The van der Waals surface area contributed by atoms with E-state index in [0.717, 1.165) is 28.0 Å². The van der Waals surface area contributed by atoms with E-state index in [2.05, 4.69) is 16.5 Å². The summed E-state index contributed by atoms with van der Waals surface area (Å²) in [4.78, 5) is 19.2. The van der Waals surface area contributed by atoms with Gasteiger partial charge >= 0.3 is 0 Å². The predicted octanol–water partition coefficient (Wildman–Crippen LogP) is 5.51. The normalized spacial score (nSPS) is 14.1. The van der Waals surface area contributed by atoms with E-state index in [4.69, 9.17) is 22.1 Å². The fraction of sp³-hybridized carbons (Fsp3) is 0.130. The number of rotatable bonds is 6. The number of H-pyrrole nitrogens is 1. The number of hydrogen-bond donors (Lipinski definition) is 2. The average Bonchev–Trinajstić information content (AvgIpc) is 2.98. The number of nitrogens with one attached hydrogen (secondary N) is 1. The van der Waals surface area contributed by atoms with Crippen molar-refractivity contribution in [1.29, 1.82) is 0 Å². The van der Waals surface area contributed by atoms with E-state index in [1.807, 2.05) is 38.2 Å². The highest BCUT2D eigenvalue weighted by molar-refractivity contribution is 6.31. The Morgan fingerprint density at radius 1 is 1.34 bits per heavy atom. The van der Waals surface area contributed by atoms with Crippen LogP contribution in [0, 0.1) is 0 Å². The molecular formula is C23H22ClN3O2. The van der Waals surface area contributed by atoms with Gasteiger partial charge in [0.05, 0.1) is 11.0 Å². The number of halogens is 1. The summed E-state index contributed by atoms with van der Waals surface area (Å²) in [6.45, 7) is 7.64. The highest BCUT2D eigenvalue weighted by Crippen LogP contribution is 2.25. The Morgan fingerprint density at radius 3 is 2.83 bits per heavy atom. The Morgan fingerprint density at radius 2 is 2.14 bits per heavy atom. The number of primary amides is 1. The number of amides is 1. The van der Waals surface area contributed by atoms with Gasteiger partial charge in [-0.1, -0.05) is 35.9 Å². The lowest BCUT2D eigenvalue weighted by molar-refractivity contribution is 0.100. The van der Waals surface area contributed by atoms with E-state index in [9.17, 15) is 4.79 Å². The molecule has 0 unspecified atom stereocenters. The molecule has 29 heavy (non-hydrogen) atoms. The molecule has 0 saturated carbocycles. The summed E-state index contributed by atoms with van der Waals surface area (Å²) in [7, 11) is 0. The van der Waals surface area contributed by atoms with Gasteiger partial charge in [0.25, 0.3) is 0 Å². The molecular weight excluding hydrogens is 386 g/mol. The van der Waals surface area contributed by atoms with E-state index in [0.29, 0.717) is 28.5 Å². The third-order valence-corrected chi connectivity index (χ3v) is 4.81. The molecule has 0 bridgehead atoms. The van der Waals surface area contributed by atoms with Crippen molar-refractivity contribution in [2.24, 2.45) is 5.73 Å². The van der Waals surface area contributed by atoms with Crippen LogP contribution in [0.2, 0.25) is 0 Å². The number of aromatic amines is 1. The quantitative estimate of drug-likeness (QED) is 0.489. The van der Waals surface area contributed by atoms with Crippen molar-refractivity contribution >= 4 is 34.1 Å². The Kier molecular flexibility index (Phi) is 6.20. The van der Waals surface area contributed by atoms with Crippen LogP contribution in [0.5, 0.6) is 0 Å². The second kappa shape index (κ2) is 8.80. The molecule has 0 aliphatic heterocycles. The van der Waals surface area contributed by atoms with Gasteiger partial charge in [0.15, 0.2) is 0 Å². The van der Waals surface area contributed by atoms with Crippen LogP contribution >= 0.6 is 11.6 Å². The second-order valence-corrected chi connectivity index (χ2v) is 7.16. The van der Waals surface area contributed by atoms with Crippen LogP contribution in [0.3, 0.4) is 0 Å². The van der Waals surface area contributed by atoms with Gasteiger partial charge in [0, 0.05) is 10.6 Å². The van der Waals surface area contributed by atoms with Crippen LogP contribution in [-0.2, 0) is 4.74 Å². The molecule has 148 valence electrons. The van der Waals surface area contributed by atoms with E-state index < -0.39 is 5.91 Å². The lowest BCUT2D eigenvalue weighted by Crippen LogP contribution is -2.10. The molecule has 0 spiro atoms. The molecule has 0 atom stereocenters. The number of carbonyl (C=O) groups is 1. The van der Waals surface area contributed by atoms with E-state index in [1.54, 1.807) is 30.4 Å². The largest absolute Gasteiger partial charge is 0.457 e. The van der Waals surface area contributed by atoms with Crippen LogP contribution in [-0.4, -0.2) is 15.9 Å². The van der Waals surface area contributed by atoms with Gasteiger partial charge < -0.3 is 15.5 Å². The first-order chi connectivity index (χ1) is 13.9. The Bertz CT molecular complexity index is 1130. The van der Waals surface area contributed by atoms with Crippen molar-refractivity contribution in [3.63, 3.8) is 0 Å². The number of imidazole rings is 1. The van der Waals surface area contributed by atoms with Gasteiger partial charge in [-0.2, -0.15) is 0 Å². The number of benzene rings is 1. The molecule has 5 nitrogen and oxygen atoms in total. The molecule has 3 rings (SSSR count). The molecule has 6 heteroatoms. The highest BCUT2D eigenvalue weighted by atomic mass is 35.5. The fourth-order valence-electron chi connectivity index (χ4n) is 2.70. The molecule has 1 amide bonds. The first kappa shape index (κ1) is 20.4. The third kappa shape index (κ3) is 4.95. The van der Waals surface area contributed by atoms with Crippen molar-refractivity contribution in [2.75, 3.05) is 0 Å². The lowest BCUT2D eigenvalue weighted by Gasteiger charge is -2.06. The van der Waals surface area contributed by atoms with E-state index >= 15 is 0 Å². The molecule has 1 aliphatic carbocycles. The van der Waals surface area contributed by atoms with Gasteiger partial charge in [0.2, 0.25) is 5.91 Å². The van der Waals surface area contributed by atoms with Crippen LogP contribution in [0.25, 0.3) is 16.6 Å². The zero-order chi connectivity index (χ0) is 21.0. The summed E-state index contributed by atoms with van der Waals surface area (Å²) in [5.74, 6) is 1.49. The van der Waals surface area contributed by atoms with Crippen molar-refractivity contribution in [2.45, 2.75) is 20.3 Å². The minimum Gasteiger partial charge on any atom is -0.457 e. The Balaban J connectivity index is 1.87. The summed E-state index contributed by atoms with van der Waals surface area (Å²) in [5.41, 5.74) is 9.31. The van der Waals surface area contributed by atoms with Crippen LogP contribution in [0.15, 0.2) is 83.4 Å². The highest BCUT2D eigenvalue weighted by Gasteiger charge is 2.11. The zero-order valence-electron chi connectivity index (χ0n) is 16.3. The molecule has 1 aromatic heterocycles. The average molecular weight is 408 g/mol. The standard InChI is InChI=1S/C23H22ClN3O2/c1-4-17(13-19(24)14(2)3)29-18-7-5-6-15(8-10-18)23-26-20-11-9-16(22(25)28)12-21(20)27-23/h4-5,7-13H,1,6H2,2-3H3,(H2,25,28)(H,26,27)/b17-13+. The number of carbonyl (C=O) groups excluding carboxylic acids is 1. The predicted molar refractivity (Wildman–Crippen MR) is 118 cm³/mol. The zero-order valence-corrected chi connectivity index (χ0v) is 17.1. The molecule has 0 fully saturated rings. The second-order valence-electron chi connectivity index (χ2n) is 6.75. The number of allylic oxidation sites excluding steroid dienone is 9. The smallest absolute Gasteiger partial charge is 0.248 e. The van der Waals surface area contributed by atoms with Crippen molar-refractivity contribution in [1.82, 2.24) is 9.97 Å². The summed E-state index contributed by atoms with van der Waals surface area (Å²) >= 11 is 6.20. The number of nitrogens with zero attached hydrogens (tertiary/aromatic N) is 1. The molecule has 1 aliphatic rings. The lowest BCUT2D eigenvalue weighted by atomic mass is 10.2. The summed E-state index contributed by atoms with van der Waals surface area (Å²) < 4.78 is 5.90. The maximum Gasteiger partial charge on any atom is 0.248 e. The third-order valence-electron chi connectivity index (χ3n) is 4.32. The van der Waals surface area contributed by atoms with Crippen LogP contribution < -0.4 is 5.73 Å². The summed E-state index contributed by atoms with van der Waals surface area (Å²) in [6.07, 6.45) is 11.7. The molecule has 0 saturated heterocycles. The van der Waals surface area contributed by atoms with E-state index in [-0.39, 0.29) is 0 Å². The van der Waals surface area contributed by atoms with Gasteiger partial charge in [0.1, 0.15) is 17.3 Å². The molecule has 3 N–H and O–H groups in total. The van der Waals surface area contributed by atoms with Crippen molar-refractivity contribution in [3.05, 3.63) is 94.7 Å². The monoisotopic (exact) mass is 407 g/mol. The summed E-state index contributed by atoms with van der Waals surface area (Å²) in [6, 6.07) is 5.16. The first-order valence-corrected chi connectivity index (χ1v) is 9.47. The molecule has 1 heterocycles. The van der Waals surface area contributed by atoms with Crippen molar-refractivity contribution in [3.8, 4) is 0 Å². The number of aromatic nitrogens is 2. The Hall–Kier alpha value is -3.31. The number of ether oxygens (including phenoxy) is 1. The van der Waals surface area contributed by atoms with Crippen molar-refractivity contribution < 1.29 is 9.53 Å². The minimum absolute atomic E-state index is 0.441. The number of hydrogen-bond acceptors (Lipinski definition) is 3. The number of fused-ring (bicyclic) bond motifs is 1. The van der Waals surface area contributed by atoms with E-state index in [1.165, 1.54) is 0 Å². The van der Waals surface area contributed by atoms with Gasteiger partial charge in [-0.3, -0.25) is 4.79 Å². The Labute approximate surface area is 174 Å². The van der Waals surface area contributed by atoms with Gasteiger partial charge in [-0.15, -0.1) is 0 Å². The maximum atomic E-state index is 11.4. The maximum absolute atomic E-state index is 11.4. The first-order valence-electron chi connectivity index (χ1n) is 9.09. The topological polar surface area (TPSA) is 81.0 Å². The molecule has 1 aromatic carbocycles. The SMILES string of the molecule is C=C/C(=C\C(Cl)=C(C)C)OC1=CC=C(c2nc3ccc(C(N)=O)cc3[nH]2)CC=C1. The molecule has 2 aromatic rings. The van der Waals surface area contributed by atoms with Gasteiger partial charge in [-0.05, 0) is 68.3 Å². The fourth-order valence-corrected chi connectivity index (χ4v) is 2.81. The minimum atomic E-state index is -0.469. The van der Waals surface area contributed by atoms with Crippen LogP contribution in [0.1, 0.15) is 36.5 Å². The van der Waals surface area contributed by atoms with Crippen LogP contribution in [0.4, 0.5) is 0 Å². The van der Waals surface area contributed by atoms with Gasteiger partial charge in [-0.25, -0.2) is 4.98 Å². The number of nitrogens with two attached hydrogens (primary N) is 1. The molecule has 0 radical (unpaired) electrons.